The molecule has 7 heteroatoms. The highest BCUT2D eigenvalue weighted by Crippen LogP contribution is 2.21. The van der Waals surface area contributed by atoms with Gasteiger partial charge < -0.3 is 11.1 Å². The van der Waals surface area contributed by atoms with Crippen molar-refractivity contribution in [1.29, 1.82) is 0 Å². The number of nitrogens with zero attached hydrogens (tertiary/aromatic N) is 3. The van der Waals surface area contributed by atoms with Crippen LogP contribution < -0.4 is 11.1 Å². The fourth-order valence-corrected chi connectivity index (χ4v) is 2.62. The molecule has 0 spiro atoms. The zero-order chi connectivity index (χ0) is 14.2. The number of carbonyl (C=O) groups excluding carboxylic acids is 1. The molecule has 0 fully saturated rings. The second kappa shape index (κ2) is 5.00. The standard InChI is InChI=1S/C12H17N5OS/c1-6-5-14-12(19-6)8(3)15-11(18)10-9(13)7(2)16-17(10)4/h5,8H,13H2,1-4H3,(H,15,18). The van der Waals surface area contributed by atoms with Crippen LogP contribution in [0.15, 0.2) is 6.20 Å². The van der Waals surface area contributed by atoms with Gasteiger partial charge in [0.05, 0.1) is 17.4 Å². The predicted octanol–water partition coefficient (Wildman–Crippen LogP) is 1.57. The summed E-state index contributed by atoms with van der Waals surface area (Å²) in [5.74, 6) is -0.235. The number of anilines is 1. The third-order valence-corrected chi connectivity index (χ3v) is 3.94. The Kier molecular flexibility index (Phi) is 3.57. The van der Waals surface area contributed by atoms with E-state index >= 15 is 0 Å². The van der Waals surface area contributed by atoms with E-state index in [0.717, 1.165) is 9.88 Å². The number of thiazole rings is 1. The van der Waals surface area contributed by atoms with Crippen LogP contribution >= 0.6 is 11.3 Å². The van der Waals surface area contributed by atoms with Crippen molar-refractivity contribution in [2.45, 2.75) is 26.8 Å². The summed E-state index contributed by atoms with van der Waals surface area (Å²) in [6.45, 7) is 5.66. The summed E-state index contributed by atoms with van der Waals surface area (Å²) >= 11 is 1.57. The van der Waals surface area contributed by atoms with Crippen molar-refractivity contribution < 1.29 is 4.79 Å². The summed E-state index contributed by atoms with van der Waals surface area (Å²) in [5, 5.41) is 7.90. The molecule has 6 nitrogen and oxygen atoms in total. The van der Waals surface area contributed by atoms with Crippen molar-refractivity contribution in [2.24, 2.45) is 7.05 Å². The summed E-state index contributed by atoms with van der Waals surface area (Å²) in [7, 11) is 1.70. The van der Waals surface area contributed by atoms with E-state index < -0.39 is 0 Å². The van der Waals surface area contributed by atoms with E-state index in [1.807, 2.05) is 13.8 Å². The van der Waals surface area contributed by atoms with E-state index in [0.29, 0.717) is 17.1 Å². The molecule has 2 heterocycles. The minimum absolute atomic E-state index is 0.152. The third-order valence-electron chi connectivity index (χ3n) is 2.84. The fraction of sp³-hybridized carbons (Fsp3) is 0.417. The quantitative estimate of drug-likeness (QED) is 0.893. The summed E-state index contributed by atoms with van der Waals surface area (Å²) in [6, 6.07) is -0.152. The molecule has 0 aliphatic heterocycles. The Balaban J connectivity index is 2.17. The fourth-order valence-electron chi connectivity index (χ4n) is 1.84. The second-order valence-electron chi connectivity index (χ2n) is 4.48. The number of carbonyl (C=O) groups is 1. The van der Waals surface area contributed by atoms with E-state index in [1.165, 1.54) is 4.68 Å². The van der Waals surface area contributed by atoms with Gasteiger partial charge in [-0.15, -0.1) is 11.3 Å². The first kappa shape index (κ1) is 13.5. The molecule has 0 aromatic carbocycles. The molecule has 0 bridgehead atoms. The molecule has 0 radical (unpaired) electrons. The molecule has 0 saturated heterocycles. The van der Waals surface area contributed by atoms with Crippen molar-refractivity contribution in [3.63, 3.8) is 0 Å². The van der Waals surface area contributed by atoms with Gasteiger partial charge in [0.15, 0.2) is 0 Å². The Labute approximate surface area is 115 Å². The number of aromatic nitrogens is 3. The molecule has 102 valence electrons. The average Bonchev–Trinajstić information content (AvgIpc) is 2.84. The van der Waals surface area contributed by atoms with Crippen molar-refractivity contribution in [2.75, 3.05) is 5.73 Å². The Hall–Kier alpha value is -1.89. The maximum absolute atomic E-state index is 12.2. The molecule has 2 rings (SSSR count). The Morgan fingerprint density at radius 1 is 1.53 bits per heavy atom. The number of nitrogens with one attached hydrogen (secondary N) is 1. The van der Waals surface area contributed by atoms with Gasteiger partial charge in [-0.05, 0) is 20.8 Å². The van der Waals surface area contributed by atoms with Gasteiger partial charge in [-0.2, -0.15) is 5.10 Å². The largest absolute Gasteiger partial charge is 0.395 e. The highest BCUT2D eigenvalue weighted by Gasteiger charge is 2.20. The maximum Gasteiger partial charge on any atom is 0.272 e. The van der Waals surface area contributed by atoms with Crippen molar-refractivity contribution >= 4 is 22.9 Å². The van der Waals surface area contributed by atoms with Crippen molar-refractivity contribution in [1.82, 2.24) is 20.1 Å². The lowest BCUT2D eigenvalue weighted by Gasteiger charge is -2.11. The summed E-state index contributed by atoms with van der Waals surface area (Å²) in [6.07, 6.45) is 1.80. The highest BCUT2D eigenvalue weighted by atomic mass is 32.1. The van der Waals surface area contributed by atoms with Gasteiger partial charge in [0.1, 0.15) is 10.7 Å². The molecule has 1 atom stereocenters. The lowest BCUT2D eigenvalue weighted by Crippen LogP contribution is -2.29. The first-order valence-corrected chi connectivity index (χ1v) is 6.74. The minimum atomic E-state index is -0.235. The molecular weight excluding hydrogens is 262 g/mol. The molecule has 1 unspecified atom stereocenters. The lowest BCUT2D eigenvalue weighted by atomic mass is 10.2. The van der Waals surface area contributed by atoms with Crippen LogP contribution in [0.3, 0.4) is 0 Å². The van der Waals surface area contributed by atoms with Crippen LogP contribution in [0.2, 0.25) is 0 Å². The van der Waals surface area contributed by atoms with Crippen molar-refractivity contribution in [3.8, 4) is 0 Å². The molecule has 1 amide bonds. The van der Waals surface area contributed by atoms with Crippen LogP contribution in [0.4, 0.5) is 5.69 Å². The van der Waals surface area contributed by atoms with Crippen LogP contribution in [0.5, 0.6) is 0 Å². The monoisotopic (exact) mass is 279 g/mol. The van der Waals surface area contributed by atoms with Gasteiger partial charge in [0.25, 0.3) is 5.91 Å². The topological polar surface area (TPSA) is 85.8 Å². The third kappa shape index (κ3) is 2.60. The predicted molar refractivity (Wildman–Crippen MR) is 75.1 cm³/mol. The van der Waals surface area contributed by atoms with Gasteiger partial charge in [-0.1, -0.05) is 0 Å². The molecule has 3 N–H and O–H groups in total. The number of rotatable bonds is 3. The lowest BCUT2D eigenvalue weighted by molar-refractivity contribution is 0.0931. The normalized spacial score (nSPS) is 12.4. The summed E-state index contributed by atoms with van der Waals surface area (Å²) < 4.78 is 1.50. The number of hydrogen-bond acceptors (Lipinski definition) is 5. The van der Waals surface area contributed by atoms with Crippen LogP contribution in [-0.2, 0) is 7.05 Å². The number of nitrogen functional groups attached to an aromatic ring is 1. The van der Waals surface area contributed by atoms with Crippen LogP contribution in [0.1, 0.15) is 39.0 Å². The number of amides is 1. The zero-order valence-electron chi connectivity index (χ0n) is 11.4. The second-order valence-corrected chi connectivity index (χ2v) is 5.74. The number of aryl methyl sites for hydroxylation is 3. The van der Waals surface area contributed by atoms with Gasteiger partial charge in [0.2, 0.25) is 0 Å². The van der Waals surface area contributed by atoms with E-state index in [9.17, 15) is 4.79 Å². The van der Waals surface area contributed by atoms with Gasteiger partial charge >= 0.3 is 0 Å². The smallest absolute Gasteiger partial charge is 0.272 e. The summed E-state index contributed by atoms with van der Waals surface area (Å²) in [5.41, 5.74) is 7.33. The SMILES string of the molecule is Cc1cnc(C(C)NC(=O)c2c(N)c(C)nn2C)s1. The minimum Gasteiger partial charge on any atom is -0.395 e. The molecule has 0 saturated carbocycles. The average molecular weight is 279 g/mol. The van der Waals surface area contributed by atoms with E-state index in [2.05, 4.69) is 15.4 Å². The molecular formula is C12H17N5OS. The molecule has 19 heavy (non-hydrogen) atoms. The highest BCUT2D eigenvalue weighted by molar-refractivity contribution is 7.11. The first-order chi connectivity index (χ1) is 8.90. The van der Waals surface area contributed by atoms with Crippen LogP contribution in [-0.4, -0.2) is 20.7 Å². The van der Waals surface area contributed by atoms with E-state index in [1.54, 1.807) is 31.5 Å². The first-order valence-electron chi connectivity index (χ1n) is 5.92. The zero-order valence-corrected chi connectivity index (χ0v) is 12.2. The van der Waals surface area contributed by atoms with Gasteiger partial charge in [-0.3, -0.25) is 9.48 Å². The van der Waals surface area contributed by atoms with Gasteiger partial charge in [-0.25, -0.2) is 4.98 Å². The number of hydrogen-bond donors (Lipinski definition) is 2. The van der Waals surface area contributed by atoms with E-state index in [4.69, 9.17) is 5.73 Å². The Bertz CT molecular complexity index is 616. The molecule has 2 aromatic rings. The maximum atomic E-state index is 12.2. The van der Waals surface area contributed by atoms with Crippen molar-refractivity contribution in [3.05, 3.63) is 27.5 Å². The number of nitrogens with two attached hydrogens (primary N) is 1. The van der Waals surface area contributed by atoms with Crippen LogP contribution in [0, 0.1) is 13.8 Å². The molecule has 0 aliphatic carbocycles. The summed E-state index contributed by atoms with van der Waals surface area (Å²) in [4.78, 5) is 17.6. The Morgan fingerprint density at radius 3 is 2.68 bits per heavy atom. The van der Waals surface area contributed by atoms with Gasteiger partial charge in [0, 0.05) is 18.1 Å². The molecule has 2 aromatic heterocycles. The van der Waals surface area contributed by atoms with E-state index in [-0.39, 0.29) is 11.9 Å². The molecule has 0 aliphatic rings. The Morgan fingerprint density at radius 2 is 2.21 bits per heavy atom. The van der Waals surface area contributed by atoms with Crippen LogP contribution in [0.25, 0.3) is 0 Å².